The predicted molar refractivity (Wildman–Crippen MR) is 151 cm³/mol. The molecule has 3 aromatic heterocycles. The maximum atomic E-state index is 14.2. The highest BCUT2D eigenvalue weighted by molar-refractivity contribution is 5.99. The molecule has 1 aliphatic rings. The Balaban J connectivity index is 1.70. The minimum atomic E-state index is -0.376. The molecule has 0 spiro atoms. The third kappa shape index (κ3) is 4.82. The third-order valence-electron chi connectivity index (χ3n) is 7.85. The van der Waals surface area contributed by atoms with Gasteiger partial charge in [0.2, 0.25) is 0 Å². The summed E-state index contributed by atoms with van der Waals surface area (Å²) in [6.07, 6.45) is 6.15. The summed E-state index contributed by atoms with van der Waals surface area (Å²) in [7, 11) is 0. The van der Waals surface area contributed by atoms with Crippen molar-refractivity contribution in [2.24, 2.45) is 11.7 Å². The summed E-state index contributed by atoms with van der Waals surface area (Å²) in [5.41, 5.74) is 11.5. The number of halogens is 1. The lowest BCUT2D eigenvalue weighted by molar-refractivity contribution is 0.0709. The van der Waals surface area contributed by atoms with Crippen LogP contribution in [0.3, 0.4) is 0 Å². The van der Waals surface area contributed by atoms with Gasteiger partial charge in [-0.2, -0.15) is 0 Å². The first-order valence-electron chi connectivity index (χ1n) is 14.1. The van der Waals surface area contributed by atoms with Gasteiger partial charge in [0.25, 0.3) is 5.91 Å². The molecule has 8 heteroatoms. The number of hydrogen-bond acceptors (Lipinski definition) is 4. The zero-order valence-electron chi connectivity index (χ0n) is 22.8. The number of aromatic nitrogens is 4. The lowest BCUT2D eigenvalue weighted by atomic mass is 10.0. The van der Waals surface area contributed by atoms with Crippen LogP contribution in [-0.2, 0) is 19.5 Å². The SMILES string of the molecule is CCCC(CF)Cn1c(-c2cc3cccnc3n2CC)nc2cc(C(=O)N3CCC[C@@H](N)C3)cc(CC)c21. The number of amides is 1. The summed E-state index contributed by atoms with van der Waals surface area (Å²) < 4.78 is 18.5. The van der Waals surface area contributed by atoms with Crippen LogP contribution in [0.25, 0.3) is 33.6 Å². The Morgan fingerprint density at radius 1 is 1.21 bits per heavy atom. The van der Waals surface area contributed by atoms with Crippen LogP contribution in [0.15, 0.2) is 36.5 Å². The summed E-state index contributed by atoms with van der Waals surface area (Å²) in [5, 5.41) is 1.05. The van der Waals surface area contributed by atoms with Gasteiger partial charge in [-0.3, -0.25) is 9.18 Å². The van der Waals surface area contributed by atoms with Gasteiger partial charge >= 0.3 is 0 Å². The number of likely N-dealkylation sites (tertiary alicyclic amines) is 1. The fraction of sp³-hybridized carbons (Fsp3) is 0.500. The molecule has 202 valence electrons. The molecule has 4 heterocycles. The van der Waals surface area contributed by atoms with E-state index in [1.807, 2.05) is 23.1 Å². The minimum absolute atomic E-state index is 0.00680. The van der Waals surface area contributed by atoms with Gasteiger partial charge in [0.15, 0.2) is 5.82 Å². The topological polar surface area (TPSA) is 82.0 Å². The van der Waals surface area contributed by atoms with Crippen molar-refractivity contribution in [1.29, 1.82) is 0 Å². The molecule has 1 fully saturated rings. The second kappa shape index (κ2) is 11.2. The summed E-state index contributed by atoms with van der Waals surface area (Å²) in [6, 6.07) is 10.1. The fourth-order valence-corrected chi connectivity index (χ4v) is 5.97. The van der Waals surface area contributed by atoms with Crippen molar-refractivity contribution in [3.63, 3.8) is 0 Å². The van der Waals surface area contributed by atoms with E-state index in [9.17, 15) is 9.18 Å². The zero-order valence-corrected chi connectivity index (χ0v) is 22.8. The van der Waals surface area contributed by atoms with E-state index in [2.05, 4.69) is 47.0 Å². The summed E-state index contributed by atoms with van der Waals surface area (Å²) >= 11 is 0. The predicted octanol–water partition coefficient (Wildman–Crippen LogP) is 5.58. The number of nitrogens with two attached hydrogens (primary N) is 1. The van der Waals surface area contributed by atoms with E-state index in [1.165, 1.54) is 0 Å². The first-order chi connectivity index (χ1) is 18.5. The van der Waals surface area contributed by atoms with Crippen LogP contribution in [0.2, 0.25) is 0 Å². The molecule has 1 saturated heterocycles. The lowest BCUT2D eigenvalue weighted by Crippen LogP contribution is -2.45. The number of benzene rings is 1. The number of piperidine rings is 1. The van der Waals surface area contributed by atoms with Crippen molar-refractivity contribution in [2.45, 2.75) is 72.0 Å². The molecule has 4 aromatic rings. The van der Waals surface area contributed by atoms with E-state index < -0.39 is 0 Å². The van der Waals surface area contributed by atoms with Gasteiger partial charge in [0.1, 0.15) is 5.65 Å². The Morgan fingerprint density at radius 3 is 2.76 bits per heavy atom. The maximum Gasteiger partial charge on any atom is 0.253 e. The molecule has 2 N–H and O–H groups in total. The van der Waals surface area contributed by atoms with E-state index in [1.54, 1.807) is 6.20 Å². The van der Waals surface area contributed by atoms with E-state index in [-0.39, 0.29) is 24.5 Å². The Hall–Kier alpha value is -3.26. The smallest absolute Gasteiger partial charge is 0.253 e. The van der Waals surface area contributed by atoms with E-state index in [0.717, 1.165) is 84.3 Å². The molecule has 2 atom stereocenters. The molecule has 1 unspecified atom stereocenters. The molecule has 0 radical (unpaired) electrons. The monoisotopic (exact) mass is 518 g/mol. The number of rotatable bonds is 9. The highest BCUT2D eigenvalue weighted by Crippen LogP contribution is 2.33. The van der Waals surface area contributed by atoms with Crippen LogP contribution < -0.4 is 5.73 Å². The van der Waals surface area contributed by atoms with Crippen LogP contribution in [-0.4, -0.2) is 55.7 Å². The summed E-state index contributed by atoms with van der Waals surface area (Å²) in [4.78, 5) is 25.2. The van der Waals surface area contributed by atoms with Crippen molar-refractivity contribution in [2.75, 3.05) is 19.8 Å². The highest BCUT2D eigenvalue weighted by atomic mass is 19.1. The van der Waals surface area contributed by atoms with Crippen molar-refractivity contribution >= 4 is 28.0 Å². The quantitative estimate of drug-likeness (QED) is 0.313. The van der Waals surface area contributed by atoms with Crippen LogP contribution in [0.1, 0.15) is 62.4 Å². The molecular weight excluding hydrogens is 479 g/mol. The Bertz CT molecular complexity index is 1440. The number of alkyl halides is 1. The Morgan fingerprint density at radius 2 is 2.05 bits per heavy atom. The molecule has 1 aromatic carbocycles. The average molecular weight is 519 g/mol. The lowest BCUT2D eigenvalue weighted by Gasteiger charge is -2.31. The third-order valence-corrected chi connectivity index (χ3v) is 7.85. The van der Waals surface area contributed by atoms with Gasteiger partial charge in [-0.15, -0.1) is 0 Å². The molecule has 0 aliphatic carbocycles. The molecule has 1 amide bonds. The highest BCUT2D eigenvalue weighted by Gasteiger charge is 2.26. The molecule has 0 saturated carbocycles. The number of pyridine rings is 1. The molecular formula is C30H39FN6O. The Kier molecular flexibility index (Phi) is 7.79. The van der Waals surface area contributed by atoms with Crippen molar-refractivity contribution < 1.29 is 9.18 Å². The maximum absolute atomic E-state index is 14.2. The average Bonchev–Trinajstić information content (AvgIpc) is 3.49. The number of aryl methyl sites for hydroxylation is 2. The molecule has 38 heavy (non-hydrogen) atoms. The standard InChI is InChI=1S/C30H39FN6O/c1-4-9-20(17-31)18-37-27-21(5-2)14-23(30(38)35-13-8-11-24(32)19-35)15-25(27)34-29(37)26-16-22-10-7-12-33-28(22)36(26)6-3/h7,10,12,14-16,20,24H,4-6,8-9,11,13,17-19,32H2,1-3H3/t20?,24-/m1/s1. The minimum Gasteiger partial charge on any atom is -0.337 e. The zero-order chi connectivity index (χ0) is 26.8. The fourth-order valence-electron chi connectivity index (χ4n) is 5.97. The number of carbonyl (C=O) groups excluding carboxylic acids is 1. The van der Waals surface area contributed by atoms with Crippen molar-refractivity contribution in [3.05, 3.63) is 47.7 Å². The first kappa shape index (κ1) is 26.4. The first-order valence-corrected chi connectivity index (χ1v) is 14.1. The van der Waals surface area contributed by atoms with Crippen molar-refractivity contribution in [3.8, 4) is 11.5 Å². The molecule has 0 bridgehead atoms. The van der Waals surface area contributed by atoms with Crippen LogP contribution in [0.4, 0.5) is 4.39 Å². The second-order valence-corrected chi connectivity index (χ2v) is 10.6. The normalized spacial score (nSPS) is 17.0. The van der Waals surface area contributed by atoms with Gasteiger partial charge in [0.05, 0.1) is 23.4 Å². The van der Waals surface area contributed by atoms with E-state index >= 15 is 0 Å². The summed E-state index contributed by atoms with van der Waals surface area (Å²) in [6.45, 7) is 8.50. The summed E-state index contributed by atoms with van der Waals surface area (Å²) in [5.74, 6) is 0.704. The number of nitrogens with zero attached hydrogens (tertiary/aromatic N) is 5. The van der Waals surface area contributed by atoms with Crippen LogP contribution >= 0.6 is 0 Å². The van der Waals surface area contributed by atoms with Gasteiger partial charge in [-0.25, -0.2) is 9.97 Å². The van der Waals surface area contributed by atoms with Gasteiger partial charge in [-0.05, 0) is 68.5 Å². The van der Waals surface area contributed by atoms with Crippen LogP contribution in [0.5, 0.6) is 0 Å². The van der Waals surface area contributed by atoms with Crippen molar-refractivity contribution in [1.82, 2.24) is 24.0 Å². The largest absolute Gasteiger partial charge is 0.337 e. The van der Waals surface area contributed by atoms with Gasteiger partial charge < -0.3 is 19.8 Å². The Labute approximate surface area is 223 Å². The molecule has 5 rings (SSSR count). The van der Waals surface area contributed by atoms with E-state index in [0.29, 0.717) is 18.7 Å². The van der Waals surface area contributed by atoms with Gasteiger partial charge in [0, 0.05) is 55.3 Å². The van der Waals surface area contributed by atoms with Crippen LogP contribution in [0, 0.1) is 5.92 Å². The van der Waals surface area contributed by atoms with Gasteiger partial charge in [-0.1, -0.05) is 20.3 Å². The molecule has 1 aliphatic heterocycles. The molecule has 7 nitrogen and oxygen atoms in total. The second-order valence-electron chi connectivity index (χ2n) is 10.6. The number of hydrogen-bond donors (Lipinski definition) is 1. The number of fused-ring (bicyclic) bond motifs is 2. The number of carbonyl (C=O) groups is 1. The number of imidazole rings is 1. The van der Waals surface area contributed by atoms with E-state index in [4.69, 9.17) is 10.7 Å².